The second kappa shape index (κ2) is 5.87. The second-order valence-corrected chi connectivity index (χ2v) is 5.45. The molecule has 0 aromatic carbocycles. The van der Waals surface area contributed by atoms with Gasteiger partial charge in [0.15, 0.2) is 5.13 Å². The molecule has 2 aromatic heterocycles. The highest BCUT2D eigenvalue weighted by Gasteiger charge is 2.20. The first-order valence-corrected chi connectivity index (χ1v) is 6.94. The van der Waals surface area contributed by atoms with Gasteiger partial charge in [-0.3, -0.25) is 19.5 Å². The molecule has 10 heteroatoms. The predicted molar refractivity (Wildman–Crippen MR) is 77.5 cm³/mol. The van der Waals surface area contributed by atoms with Crippen molar-refractivity contribution in [2.24, 2.45) is 0 Å². The van der Waals surface area contributed by atoms with Crippen molar-refractivity contribution in [2.45, 2.75) is 26.4 Å². The van der Waals surface area contributed by atoms with Crippen LogP contribution in [0.2, 0.25) is 0 Å². The Morgan fingerprint density at radius 1 is 1.48 bits per heavy atom. The SMILES string of the molecule is CCCn1cc([N+](=O)[O-])c(=O)n(Cc2cnc(N)s2)c1=O. The highest BCUT2D eigenvalue weighted by atomic mass is 32.1. The zero-order valence-corrected chi connectivity index (χ0v) is 12.0. The van der Waals surface area contributed by atoms with E-state index >= 15 is 0 Å². The summed E-state index contributed by atoms with van der Waals surface area (Å²) >= 11 is 1.12. The van der Waals surface area contributed by atoms with Gasteiger partial charge >= 0.3 is 16.9 Å². The van der Waals surface area contributed by atoms with Crippen LogP contribution in [0.5, 0.6) is 0 Å². The summed E-state index contributed by atoms with van der Waals surface area (Å²) in [4.78, 5) is 38.8. The van der Waals surface area contributed by atoms with Crippen molar-refractivity contribution in [1.29, 1.82) is 0 Å². The molecule has 0 unspecified atom stereocenters. The Morgan fingerprint density at radius 3 is 2.71 bits per heavy atom. The number of aryl methyl sites for hydroxylation is 1. The number of thiazole rings is 1. The maximum Gasteiger partial charge on any atom is 0.350 e. The van der Waals surface area contributed by atoms with Gasteiger partial charge in [-0.1, -0.05) is 6.92 Å². The molecule has 2 N–H and O–H groups in total. The molecule has 112 valence electrons. The first kappa shape index (κ1) is 14.9. The highest BCUT2D eigenvalue weighted by Crippen LogP contribution is 2.14. The maximum absolute atomic E-state index is 12.2. The van der Waals surface area contributed by atoms with Crippen molar-refractivity contribution in [3.05, 3.63) is 48.2 Å². The largest absolute Gasteiger partial charge is 0.375 e. The lowest BCUT2D eigenvalue weighted by Gasteiger charge is -2.08. The first-order valence-electron chi connectivity index (χ1n) is 6.13. The fraction of sp³-hybridized carbons (Fsp3) is 0.364. The fourth-order valence-electron chi connectivity index (χ4n) is 1.86. The van der Waals surface area contributed by atoms with Crippen molar-refractivity contribution in [3.63, 3.8) is 0 Å². The van der Waals surface area contributed by atoms with Crippen LogP contribution in [0, 0.1) is 10.1 Å². The molecule has 0 saturated heterocycles. The Kier molecular flexibility index (Phi) is 4.17. The molecule has 0 bridgehead atoms. The van der Waals surface area contributed by atoms with Gasteiger partial charge in [-0.2, -0.15) is 0 Å². The summed E-state index contributed by atoms with van der Waals surface area (Å²) in [6.07, 6.45) is 3.04. The predicted octanol–water partition coefficient (Wildman–Crippen LogP) is 0.415. The van der Waals surface area contributed by atoms with Gasteiger partial charge in [0.05, 0.1) is 17.7 Å². The van der Waals surface area contributed by atoms with E-state index in [4.69, 9.17) is 5.73 Å². The van der Waals surface area contributed by atoms with E-state index in [1.165, 1.54) is 10.8 Å². The average molecular weight is 311 g/mol. The van der Waals surface area contributed by atoms with Crippen LogP contribution in [-0.2, 0) is 13.1 Å². The molecule has 0 aliphatic heterocycles. The molecule has 0 radical (unpaired) electrons. The number of hydrogen-bond acceptors (Lipinski definition) is 7. The molecule has 9 nitrogen and oxygen atoms in total. The minimum atomic E-state index is -0.927. The molecule has 0 atom stereocenters. The summed E-state index contributed by atoms with van der Waals surface area (Å²) in [6, 6.07) is 0. The Bertz CT molecular complexity index is 791. The van der Waals surface area contributed by atoms with Gasteiger partial charge in [-0.05, 0) is 6.42 Å². The van der Waals surface area contributed by atoms with Crippen molar-refractivity contribution in [3.8, 4) is 0 Å². The lowest BCUT2D eigenvalue weighted by molar-refractivity contribution is -0.387. The van der Waals surface area contributed by atoms with Crippen LogP contribution in [0.15, 0.2) is 22.0 Å². The van der Waals surface area contributed by atoms with Crippen LogP contribution in [0.3, 0.4) is 0 Å². The summed E-state index contributed by atoms with van der Waals surface area (Å²) in [7, 11) is 0. The first-order chi connectivity index (χ1) is 9.93. The van der Waals surface area contributed by atoms with Gasteiger partial charge in [0.1, 0.15) is 0 Å². The molecule has 0 spiro atoms. The molecule has 2 rings (SSSR count). The minimum Gasteiger partial charge on any atom is -0.375 e. The van der Waals surface area contributed by atoms with Crippen LogP contribution in [0.4, 0.5) is 10.8 Å². The van der Waals surface area contributed by atoms with Crippen LogP contribution in [0.25, 0.3) is 0 Å². The lowest BCUT2D eigenvalue weighted by Crippen LogP contribution is -2.40. The molecule has 0 aliphatic rings. The van der Waals surface area contributed by atoms with Gasteiger partial charge in [0, 0.05) is 17.6 Å². The summed E-state index contributed by atoms with van der Waals surface area (Å²) in [5, 5.41) is 11.2. The molecule has 0 saturated carbocycles. The Labute approximate surface area is 122 Å². The van der Waals surface area contributed by atoms with Gasteiger partial charge in [0.25, 0.3) is 0 Å². The smallest absolute Gasteiger partial charge is 0.350 e. The number of aromatic nitrogens is 3. The highest BCUT2D eigenvalue weighted by molar-refractivity contribution is 7.15. The van der Waals surface area contributed by atoms with E-state index < -0.39 is 21.9 Å². The topological polar surface area (TPSA) is 126 Å². The van der Waals surface area contributed by atoms with Crippen molar-refractivity contribution >= 4 is 22.2 Å². The number of nitrogens with zero attached hydrogens (tertiary/aromatic N) is 4. The number of nitro groups is 1. The number of rotatable bonds is 5. The Morgan fingerprint density at radius 2 is 2.19 bits per heavy atom. The number of anilines is 1. The molecule has 2 aromatic rings. The van der Waals surface area contributed by atoms with Crippen LogP contribution < -0.4 is 17.0 Å². The minimum absolute atomic E-state index is 0.0854. The van der Waals surface area contributed by atoms with Gasteiger partial charge in [-0.25, -0.2) is 14.3 Å². The van der Waals surface area contributed by atoms with E-state index in [0.717, 1.165) is 22.1 Å². The third-order valence-corrected chi connectivity index (χ3v) is 3.58. The van der Waals surface area contributed by atoms with Gasteiger partial charge in [0.2, 0.25) is 0 Å². The van der Waals surface area contributed by atoms with E-state index in [-0.39, 0.29) is 6.54 Å². The summed E-state index contributed by atoms with van der Waals surface area (Å²) in [5.41, 5.74) is 3.36. The second-order valence-electron chi connectivity index (χ2n) is 4.30. The molecule has 0 aliphatic carbocycles. The summed E-state index contributed by atoms with van der Waals surface area (Å²) < 4.78 is 2.00. The van der Waals surface area contributed by atoms with Crippen molar-refractivity contribution < 1.29 is 4.92 Å². The lowest BCUT2D eigenvalue weighted by atomic mass is 10.4. The molecule has 0 amide bonds. The standard InChI is InChI=1S/C11H13N5O4S/c1-2-3-14-6-8(16(19)20)9(17)15(11(14)18)5-7-4-13-10(12)21-7/h4,6H,2-3,5H2,1H3,(H2,12,13). The van der Waals surface area contributed by atoms with Crippen LogP contribution in [-0.4, -0.2) is 19.0 Å². The Hall–Kier alpha value is -2.49. The van der Waals surface area contributed by atoms with E-state index in [9.17, 15) is 19.7 Å². The normalized spacial score (nSPS) is 10.7. The van der Waals surface area contributed by atoms with E-state index in [1.54, 1.807) is 0 Å². The van der Waals surface area contributed by atoms with E-state index in [1.807, 2.05) is 6.92 Å². The van der Waals surface area contributed by atoms with Crippen molar-refractivity contribution in [1.82, 2.24) is 14.1 Å². The van der Waals surface area contributed by atoms with Crippen molar-refractivity contribution in [2.75, 3.05) is 5.73 Å². The van der Waals surface area contributed by atoms with Gasteiger partial charge < -0.3 is 5.73 Å². The quantitative estimate of drug-likeness (QED) is 0.629. The third-order valence-electron chi connectivity index (χ3n) is 2.77. The number of hydrogen-bond donors (Lipinski definition) is 1. The molecular weight excluding hydrogens is 298 g/mol. The Balaban J connectivity index is 2.59. The maximum atomic E-state index is 12.2. The number of nitrogens with two attached hydrogens (primary N) is 1. The summed E-state index contributed by atoms with van der Waals surface area (Å²) in [6.45, 7) is 2.04. The zero-order valence-electron chi connectivity index (χ0n) is 11.2. The monoisotopic (exact) mass is 311 g/mol. The van der Waals surface area contributed by atoms with Crippen LogP contribution >= 0.6 is 11.3 Å². The zero-order chi connectivity index (χ0) is 15.6. The van der Waals surface area contributed by atoms with E-state index in [2.05, 4.69) is 4.98 Å². The third kappa shape index (κ3) is 2.99. The van der Waals surface area contributed by atoms with Gasteiger partial charge in [-0.15, -0.1) is 11.3 Å². The fourth-order valence-corrected chi connectivity index (χ4v) is 2.53. The molecule has 0 fully saturated rings. The van der Waals surface area contributed by atoms with Crippen LogP contribution in [0.1, 0.15) is 18.2 Å². The number of nitrogen functional groups attached to an aromatic ring is 1. The summed E-state index contributed by atoms with van der Waals surface area (Å²) in [5.74, 6) is 0. The molecule has 21 heavy (non-hydrogen) atoms. The average Bonchev–Trinajstić information content (AvgIpc) is 2.83. The molecular formula is C11H13N5O4S. The molecule has 2 heterocycles. The van der Waals surface area contributed by atoms with E-state index in [0.29, 0.717) is 23.0 Å².